The van der Waals surface area contributed by atoms with Gasteiger partial charge in [-0.15, -0.1) is 0 Å². The Kier molecular flexibility index (Phi) is 8.16. The number of anilines is 3. The molecule has 2 heterocycles. The summed E-state index contributed by atoms with van der Waals surface area (Å²) in [4.78, 5) is 13.4. The van der Waals surface area contributed by atoms with Crippen molar-refractivity contribution in [2.75, 3.05) is 4.90 Å². The third-order valence-electron chi connectivity index (χ3n) is 10.4. The molecule has 0 amide bonds. The number of fused-ring (bicyclic) bond motifs is 5. The first-order chi connectivity index (χ1) is 27.3. The molecule has 0 aliphatic carbocycles. The topological polar surface area (TPSA) is 29.0 Å². The van der Waals surface area contributed by atoms with Crippen LogP contribution in [0.2, 0.25) is 0 Å². The number of hydrogen-bond donors (Lipinski definition) is 0. The maximum Gasteiger partial charge on any atom is 0.0956 e. The molecule has 0 unspecified atom stereocenters. The minimum Gasteiger partial charge on any atom is -0.308 e. The van der Waals surface area contributed by atoms with Crippen LogP contribution in [0.5, 0.6) is 0 Å². The molecule has 0 saturated carbocycles. The van der Waals surface area contributed by atoms with E-state index >= 15 is 0 Å². The summed E-state index contributed by atoms with van der Waals surface area (Å²) < 4.78 is 0. The van der Waals surface area contributed by atoms with E-state index in [0.29, 0.717) is 0 Å². The van der Waals surface area contributed by atoms with Crippen molar-refractivity contribution >= 4 is 49.5 Å². The fourth-order valence-corrected chi connectivity index (χ4v) is 7.88. The summed E-state index contributed by atoms with van der Waals surface area (Å²) in [7, 11) is 0. The highest BCUT2D eigenvalue weighted by molar-refractivity contribution is 6.24. The summed E-state index contributed by atoms with van der Waals surface area (Å²) in [6, 6.07) is 74.9. The van der Waals surface area contributed by atoms with Crippen molar-refractivity contribution in [3.63, 3.8) is 0 Å². The molecule has 3 nitrogen and oxygen atoms in total. The molecule has 8 aromatic carbocycles. The lowest BCUT2D eigenvalue weighted by molar-refractivity contribution is 1.28. The molecule has 0 N–H and O–H groups in total. The average Bonchev–Trinajstić information content (AvgIpc) is 3.27. The second-order valence-corrected chi connectivity index (χ2v) is 13.8. The van der Waals surface area contributed by atoms with Gasteiger partial charge in [-0.25, -0.2) is 9.97 Å². The van der Waals surface area contributed by atoms with Gasteiger partial charge in [0.05, 0.1) is 28.3 Å². The molecular weight excluding hydrogens is 667 g/mol. The van der Waals surface area contributed by atoms with Gasteiger partial charge in [-0.05, 0) is 64.4 Å². The molecular formula is C52H35N3. The Bertz CT molecular complexity index is 2860. The van der Waals surface area contributed by atoms with Crippen molar-refractivity contribution in [3.8, 4) is 44.9 Å². The average molecular weight is 702 g/mol. The molecule has 10 aromatic rings. The van der Waals surface area contributed by atoms with Crippen molar-refractivity contribution in [3.05, 3.63) is 212 Å². The van der Waals surface area contributed by atoms with Crippen LogP contribution in [0.1, 0.15) is 0 Å². The van der Waals surface area contributed by atoms with Gasteiger partial charge in [0.15, 0.2) is 0 Å². The fourth-order valence-electron chi connectivity index (χ4n) is 7.88. The van der Waals surface area contributed by atoms with E-state index in [1.165, 1.54) is 16.2 Å². The zero-order valence-electron chi connectivity index (χ0n) is 30.0. The molecule has 2 aromatic heterocycles. The molecule has 3 heteroatoms. The lowest BCUT2D eigenvalue weighted by atomic mass is 9.91. The summed E-state index contributed by atoms with van der Waals surface area (Å²) in [5.41, 5.74) is 12.2. The number of pyridine rings is 2. The maximum absolute atomic E-state index is 5.73. The standard InChI is InChI=1S/C52H35N3/c1-5-18-36(19-6-1)39-34-47(38-21-7-2-8-22-38)53-48(35-39)43-28-15-16-29-44(43)51-46-33-32-37-20-13-14-27-42(37)50(46)45-30-17-31-49(52(45)54-51)55(40-23-9-3-10-24-40)41-25-11-4-12-26-41/h1-35H. The van der Waals surface area contributed by atoms with Gasteiger partial charge in [0.2, 0.25) is 0 Å². The van der Waals surface area contributed by atoms with E-state index in [1.54, 1.807) is 0 Å². The lowest BCUT2D eigenvalue weighted by Gasteiger charge is -2.27. The summed E-state index contributed by atoms with van der Waals surface area (Å²) in [6.45, 7) is 0. The van der Waals surface area contributed by atoms with Crippen LogP contribution in [0.4, 0.5) is 17.1 Å². The highest BCUT2D eigenvalue weighted by Gasteiger charge is 2.22. The second-order valence-electron chi connectivity index (χ2n) is 13.8. The Hall–Kier alpha value is -7.36. The van der Waals surface area contributed by atoms with Gasteiger partial charge in [0, 0.05) is 44.2 Å². The van der Waals surface area contributed by atoms with Crippen molar-refractivity contribution in [1.29, 1.82) is 0 Å². The molecule has 258 valence electrons. The first kappa shape index (κ1) is 32.3. The second kappa shape index (κ2) is 13.9. The quantitative estimate of drug-likeness (QED) is 0.155. The zero-order chi connectivity index (χ0) is 36.6. The highest BCUT2D eigenvalue weighted by atomic mass is 15.1. The summed E-state index contributed by atoms with van der Waals surface area (Å²) in [5, 5.41) is 5.79. The Morgan fingerprint density at radius 1 is 0.345 bits per heavy atom. The van der Waals surface area contributed by atoms with Crippen LogP contribution >= 0.6 is 0 Å². The predicted octanol–water partition coefficient (Wildman–Crippen LogP) is 14.1. The van der Waals surface area contributed by atoms with Crippen LogP contribution in [-0.4, -0.2) is 9.97 Å². The largest absolute Gasteiger partial charge is 0.308 e. The van der Waals surface area contributed by atoms with Crippen molar-refractivity contribution in [2.24, 2.45) is 0 Å². The van der Waals surface area contributed by atoms with Crippen LogP contribution in [0.25, 0.3) is 77.3 Å². The van der Waals surface area contributed by atoms with Gasteiger partial charge in [-0.3, -0.25) is 0 Å². The smallest absolute Gasteiger partial charge is 0.0956 e. The van der Waals surface area contributed by atoms with Crippen LogP contribution in [0.15, 0.2) is 212 Å². The lowest BCUT2D eigenvalue weighted by Crippen LogP contribution is -2.11. The Labute approximate surface area is 320 Å². The number of benzene rings is 8. The molecule has 0 saturated heterocycles. The van der Waals surface area contributed by atoms with E-state index in [2.05, 4.69) is 211 Å². The van der Waals surface area contributed by atoms with Crippen LogP contribution in [0, 0.1) is 0 Å². The highest BCUT2D eigenvalue weighted by Crippen LogP contribution is 2.45. The fraction of sp³-hybridized carbons (Fsp3) is 0. The van der Waals surface area contributed by atoms with Gasteiger partial charge < -0.3 is 4.90 Å². The van der Waals surface area contributed by atoms with E-state index < -0.39 is 0 Å². The Morgan fingerprint density at radius 2 is 0.909 bits per heavy atom. The molecule has 0 atom stereocenters. The Balaban J connectivity index is 1.29. The molecule has 0 aliphatic rings. The molecule has 0 fully saturated rings. The van der Waals surface area contributed by atoms with E-state index in [9.17, 15) is 0 Å². The number of para-hydroxylation sites is 3. The number of nitrogens with zero attached hydrogens (tertiary/aromatic N) is 3. The van der Waals surface area contributed by atoms with E-state index in [0.717, 1.165) is 78.3 Å². The molecule has 10 rings (SSSR count). The third-order valence-corrected chi connectivity index (χ3v) is 10.4. The molecule has 55 heavy (non-hydrogen) atoms. The molecule has 0 radical (unpaired) electrons. The predicted molar refractivity (Wildman–Crippen MR) is 231 cm³/mol. The molecule has 0 aliphatic heterocycles. The van der Waals surface area contributed by atoms with Gasteiger partial charge in [-0.1, -0.05) is 170 Å². The minimum absolute atomic E-state index is 0.898. The van der Waals surface area contributed by atoms with Gasteiger partial charge in [-0.2, -0.15) is 0 Å². The van der Waals surface area contributed by atoms with Gasteiger partial charge >= 0.3 is 0 Å². The number of rotatable bonds is 7. The van der Waals surface area contributed by atoms with Crippen LogP contribution < -0.4 is 4.90 Å². The summed E-state index contributed by atoms with van der Waals surface area (Å²) >= 11 is 0. The van der Waals surface area contributed by atoms with E-state index in [-0.39, 0.29) is 0 Å². The monoisotopic (exact) mass is 701 g/mol. The van der Waals surface area contributed by atoms with Crippen LogP contribution in [0.3, 0.4) is 0 Å². The van der Waals surface area contributed by atoms with E-state index in [1.807, 2.05) is 6.07 Å². The van der Waals surface area contributed by atoms with Gasteiger partial charge in [0.1, 0.15) is 0 Å². The normalized spacial score (nSPS) is 11.3. The van der Waals surface area contributed by atoms with Crippen LogP contribution in [-0.2, 0) is 0 Å². The summed E-state index contributed by atoms with van der Waals surface area (Å²) in [5.74, 6) is 0. The van der Waals surface area contributed by atoms with Gasteiger partial charge in [0.25, 0.3) is 0 Å². The van der Waals surface area contributed by atoms with Crippen molar-refractivity contribution < 1.29 is 0 Å². The third kappa shape index (κ3) is 5.89. The maximum atomic E-state index is 5.73. The molecule has 0 bridgehead atoms. The summed E-state index contributed by atoms with van der Waals surface area (Å²) in [6.07, 6.45) is 0. The minimum atomic E-state index is 0.898. The number of aromatic nitrogens is 2. The van der Waals surface area contributed by atoms with E-state index in [4.69, 9.17) is 9.97 Å². The first-order valence-electron chi connectivity index (χ1n) is 18.7. The molecule has 0 spiro atoms. The first-order valence-corrected chi connectivity index (χ1v) is 18.7. The zero-order valence-corrected chi connectivity index (χ0v) is 30.0. The van der Waals surface area contributed by atoms with Crippen molar-refractivity contribution in [2.45, 2.75) is 0 Å². The number of hydrogen-bond acceptors (Lipinski definition) is 3. The SMILES string of the molecule is c1ccc(-c2cc(-c3ccccc3)nc(-c3ccccc3-c3nc4c(N(c5ccccc5)c5ccccc5)cccc4c4c3ccc3ccccc34)c2)cc1. The van der Waals surface area contributed by atoms with Crippen molar-refractivity contribution in [1.82, 2.24) is 9.97 Å². The Morgan fingerprint density at radius 3 is 1.62 bits per heavy atom.